The van der Waals surface area contributed by atoms with Crippen LogP contribution in [0, 0.1) is 0 Å². The smallest absolute Gasteiger partial charge is 0.255 e. The fourth-order valence-electron chi connectivity index (χ4n) is 2.91. The average molecular weight is 383 g/mol. The van der Waals surface area contributed by atoms with Crippen LogP contribution in [0.2, 0.25) is 0 Å². The van der Waals surface area contributed by atoms with Gasteiger partial charge < -0.3 is 25.4 Å². The molecule has 0 aliphatic carbocycles. The lowest BCUT2D eigenvalue weighted by Gasteiger charge is -2.30. The maximum Gasteiger partial charge on any atom is 0.255 e. The van der Waals surface area contributed by atoms with Crippen molar-refractivity contribution in [3.05, 3.63) is 65.4 Å². The molecular formula is C20H21N3O3S. The number of benzene rings is 2. The fraction of sp³-hybridized carbons (Fsp3) is 0.200. The molecular weight excluding hydrogens is 362 g/mol. The molecule has 27 heavy (non-hydrogen) atoms. The van der Waals surface area contributed by atoms with Gasteiger partial charge in [-0.25, -0.2) is 0 Å². The highest BCUT2D eigenvalue weighted by atomic mass is 32.1. The number of thiocarbonyl (C=S) groups is 1. The van der Waals surface area contributed by atoms with Crippen LogP contribution >= 0.6 is 12.2 Å². The molecule has 0 bridgehead atoms. The van der Waals surface area contributed by atoms with Gasteiger partial charge in [0.05, 0.1) is 25.8 Å². The van der Waals surface area contributed by atoms with Crippen molar-refractivity contribution in [3.63, 3.8) is 0 Å². The van der Waals surface area contributed by atoms with Crippen LogP contribution in [0.15, 0.2) is 59.8 Å². The molecule has 1 unspecified atom stereocenters. The zero-order valence-electron chi connectivity index (χ0n) is 15.3. The molecule has 1 atom stereocenters. The van der Waals surface area contributed by atoms with Gasteiger partial charge in [0.2, 0.25) is 0 Å². The van der Waals surface area contributed by atoms with Gasteiger partial charge in [0.1, 0.15) is 11.5 Å². The lowest BCUT2D eigenvalue weighted by Crippen LogP contribution is -2.45. The number of methoxy groups -OCH3 is 2. The first-order valence-electron chi connectivity index (χ1n) is 8.39. The van der Waals surface area contributed by atoms with Crippen LogP contribution in [-0.4, -0.2) is 25.2 Å². The average Bonchev–Trinajstić information content (AvgIpc) is 2.68. The second-order valence-corrected chi connectivity index (χ2v) is 6.43. The van der Waals surface area contributed by atoms with Crippen molar-refractivity contribution in [2.75, 3.05) is 19.5 Å². The summed E-state index contributed by atoms with van der Waals surface area (Å²) >= 11 is 5.28. The molecule has 140 valence electrons. The maximum atomic E-state index is 13.0. The topological polar surface area (TPSA) is 71.6 Å². The van der Waals surface area contributed by atoms with Gasteiger partial charge >= 0.3 is 0 Å². The molecule has 0 radical (unpaired) electrons. The van der Waals surface area contributed by atoms with E-state index in [2.05, 4.69) is 16.0 Å². The number of nitrogens with one attached hydrogen (secondary N) is 3. The van der Waals surface area contributed by atoms with Gasteiger partial charge in [-0.05, 0) is 61.1 Å². The molecule has 1 heterocycles. The lowest BCUT2D eigenvalue weighted by molar-refractivity contribution is -0.113. The number of amides is 1. The Balaban J connectivity index is 1.88. The zero-order chi connectivity index (χ0) is 19.4. The Labute approximate surface area is 163 Å². The minimum absolute atomic E-state index is 0.207. The van der Waals surface area contributed by atoms with Crippen LogP contribution in [0.25, 0.3) is 0 Å². The van der Waals surface area contributed by atoms with E-state index in [1.54, 1.807) is 38.5 Å². The Morgan fingerprint density at radius 1 is 1.00 bits per heavy atom. The predicted molar refractivity (Wildman–Crippen MR) is 109 cm³/mol. The van der Waals surface area contributed by atoms with Crippen LogP contribution in [0.3, 0.4) is 0 Å². The summed E-state index contributed by atoms with van der Waals surface area (Å²) in [5.74, 6) is 1.27. The van der Waals surface area contributed by atoms with E-state index < -0.39 is 0 Å². The highest BCUT2D eigenvalue weighted by Gasteiger charge is 2.29. The van der Waals surface area contributed by atoms with Crippen LogP contribution in [-0.2, 0) is 4.79 Å². The van der Waals surface area contributed by atoms with Gasteiger partial charge in [0, 0.05) is 11.4 Å². The molecule has 0 aromatic heterocycles. The molecule has 3 N–H and O–H groups in total. The molecule has 1 aliphatic rings. The van der Waals surface area contributed by atoms with Crippen molar-refractivity contribution < 1.29 is 14.3 Å². The van der Waals surface area contributed by atoms with Crippen molar-refractivity contribution in [2.45, 2.75) is 13.0 Å². The third kappa shape index (κ3) is 4.20. The fourth-order valence-corrected chi connectivity index (χ4v) is 3.18. The quantitative estimate of drug-likeness (QED) is 0.689. The molecule has 2 aromatic carbocycles. The first-order chi connectivity index (χ1) is 13.0. The molecule has 6 nitrogen and oxygen atoms in total. The highest BCUT2D eigenvalue weighted by molar-refractivity contribution is 7.80. The number of hydrogen-bond acceptors (Lipinski definition) is 4. The summed E-state index contributed by atoms with van der Waals surface area (Å²) in [5.41, 5.74) is 2.89. The number of hydrogen-bond donors (Lipinski definition) is 3. The van der Waals surface area contributed by atoms with E-state index in [0.717, 1.165) is 17.1 Å². The summed E-state index contributed by atoms with van der Waals surface area (Å²) in [7, 11) is 3.22. The summed E-state index contributed by atoms with van der Waals surface area (Å²) in [4.78, 5) is 13.0. The molecule has 3 rings (SSSR count). The summed E-state index contributed by atoms with van der Waals surface area (Å²) in [5, 5.41) is 9.62. The Kier molecular flexibility index (Phi) is 5.61. The van der Waals surface area contributed by atoms with Gasteiger partial charge in [-0.15, -0.1) is 0 Å². The summed E-state index contributed by atoms with van der Waals surface area (Å²) in [6, 6.07) is 14.4. The van der Waals surface area contributed by atoms with Crippen LogP contribution < -0.4 is 25.4 Å². The van der Waals surface area contributed by atoms with E-state index in [9.17, 15) is 4.79 Å². The van der Waals surface area contributed by atoms with Crippen LogP contribution in [0.1, 0.15) is 18.5 Å². The minimum atomic E-state index is -0.358. The predicted octanol–water partition coefficient (Wildman–Crippen LogP) is 3.14. The minimum Gasteiger partial charge on any atom is -0.497 e. The van der Waals surface area contributed by atoms with Gasteiger partial charge in [-0.2, -0.15) is 0 Å². The number of allylic oxidation sites excluding steroid dienone is 1. The van der Waals surface area contributed by atoms with Crippen molar-refractivity contribution in [1.82, 2.24) is 10.6 Å². The second kappa shape index (κ2) is 8.09. The molecule has 0 fully saturated rings. The van der Waals surface area contributed by atoms with Gasteiger partial charge in [0.15, 0.2) is 5.11 Å². The van der Waals surface area contributed by atoms with Gasteiger partial charge in [-0.1, -0.05) is 12.1 Å². The molecule has 7 heteroatoms. The van der Waals surface area contributed by atoms with Gasteiger partial charge in [-0.3, -0.25) is 4.79 Å². The zero-order valence-corrected chi connectivity index (χ0v) is 16.1. The van der Waals surface area contributed by atoms with E-state index in [1.807, 2.05) is 31.2 Å². The largest absolute Gasteiger partial charge is 0.497 e. The Bertz CT molecular complexity index is 876. The summed E-state index contributed by atoms with van der Waals surface area (Å²) < 4.78 is 10.4. The third-order valence-electron chi connectivity index (χ3n) is 4.31. The Morgan fingerprint density at radius 3 is 2.11 bits per heavy atom. The second-order valence-electron chi connectivity index (χ2n) is 6.03. The molecule has 0 saturated heterocycles. The van der Waals surface area contributed by atoms with Gasteiger partial charge in [0.25, 0.3) is 5.91 Å². The molecule has 0 saturated carbocycles. The third-order valence-corrected chi connectivity index (χ3v) is 4.53. The van der Waals surface area contributed by atoms with E-state index >= 15 is 0 Å². The number of carbonyl (C=O) groups is 1. The number of rotatable bonds is 5. The Hall–Kier alpha value is -3.06. The van der Waals surface area contributed by atoms with Crippen molar-refractivity contribution in [3.8, 4) is 11.5 Å². The van der Waals surface area contributed by atoms with Crippen LogP contribution in [0.4, 0.5) is 5.69 Å². The summed E-state index contributed by atoms with van der Waals surface area (Å²) in [6.45, 7) is 1.84. The number of anilines is 1. The molecule has 0 spiro atoms. The first-order valence-corrected chi connectivity index (χ1v) is 8.80. The molecule has 1 aliphatic heterocycles. The van der Waals surface area contributed by atoms with E-state index in [0.29, 0.717) is 22.1 Å². The van der Waals surface area contributed by atoms with E-state index in [-0.39, 0.29) is 11.9 Å². The molecule has 1 amide bonds. The Morgan fingerprint density at radius 2 is 1.56 bits per heavy atom. The number of ether oxygens (including phenoxy) is 2. The first kappa shape index (κ1) is 18.7. The number of carbonyl (C=O) groups excluding carboxylic acids is 1. The highest BCUT2D eigenvalue weighted by Crippen LogP contribution is 2.29. The summed E-state index contributed by atoms with van der Waals surface area (Å²) in [6.07, 6.45) is 0. The van der Waals surface area contributed by atoms with Crippen molar-refractivity contribution >= 4 is 28.9 Å². The van der Waals surface area contributed by atoms with Crippen molar-refractivity contribution in [2.24, 2.45) is 0 Å². The standard InChI is InChI=1S/C20H21N3O3S/c1-12-17(19(24)22-14-6-10-16(26-3)11-7-14)18(23-20(27)21-12)13-4-8-15(25-2)9-5-13/h4-11,18H,1-3H3,(H,22,24)(H2,21,23,27). The van der Waals surface area contributed by atoms with E-state index in [4.69, 9.17) is 21.7 Å². The monoisotopic (exact) mass is 383 g/mol. The van der Waals surface area contributed by atoms with Crippen molar-refractivity contribution in [1.29, 1.82) is 0 Å². The lowest BCUT2D eigenvalue weighted by atomic mass is 9.95. The van der Waals surface area contributed by atoms with Crippen LogP contribution in [0.5, 0.6) is 11.5 Å². The molecule has 2 aromatic rings. The normalized spacial score (nSPS) is 16.3. The SMILES string of the molecule is COc1ccc(NC(=O)C2=C(C)NC(=S)NC2c2ccc(OC)cc2)cc1. The maximum absolute atomic E-state index is 13.0. The van der Waals surface area contributed by atoms with E-state index in [1.165, 1.54) is 0 Å².